The van der Waals surface area contributed by atoms with Crippen molar-refractivity contribution < 1.29 is 14.3 Å². The maximum Gasteiger partial charge on any atom is 0.290 e. The molecular weight excluding hydrogens is 410 g/mol. The van der Waals surface area contributed by atoms with Crippen LogP contribution in [0.3, 0.4) is 0 Å². The molecule has 0 unspecified atom stereocenters. The molecule has 0 fully saturated rings. The van der Waals surface area contributed by atoms with Gasteiger partial charge in [0.05, 0.1) is 23.6 Å². The molecule has 0 spiro atoms. The van der Waals surface area contributed by atoms with Crippen LogP contribution in [0.4, 0.5) is 0 Å². The number of aryl methyl sites for hydroxylation is 2. The van der Waals surface area contributed by atoms with Gasteiger partial charge in [0, 0.05) is 11.0 Å². The monoisotopic (exact) mass is 427 g/mol. The number of carbonyl (C=O) groups excluding carboxylic acids is 1. The molecule has 1 aliphatic rings. The molecule has 1 aromatic heterocycles. The Balaban J connectivity index is 2.06. The van der Waals surface area contributed by atoms with Gasteiger partial charge in [0.15, 0.2) is 5.43 Å². The first-order valence-electron chi connectivity index (χ1n) is 8.67. The van der Waals surface area contributed by atoms with E-state index in [9.17, 15) is 14.7 Å². The number of β-amino-alcohol motifs (C(OH)–C–C–N with tert-alkyl or cyclic N) is 1. The molecule has 1 N–H and O–H groups in total. The van der Waals surface area contributed by atoms with Gasteiger partial charge in [-0.25, -0.2) is 0 Å². The fraction of sp³-hybridized carbons (Fsp3) is 0.238. The Hall–Kier alpha value is -2.44. The van der Waals surface area contributed by atoms with E-state index >= 15 is 0 Å². The summed E-state index contributed by atoms with van der Waals surface area (Å²) in [6.45, 7) is 3.71. The van der Waals surface area contributed by atoms with Crippen molar-refractivity contribution in [2.75, 3.05) is 13.2 Å². The molecule has 0 aliphatic carbocycles. The molecule has 5 nitrogen and oxygen atoms in total. The number of rotatable bonds is 3. The van der Waals surface area contributed by atoms with Crippen molar-refractivity contribution in [3.8, 4) is 0 Å². The Morgan fingerprint density at radius 2 is 1.96 bits per heavy atom. The maximum atomic E-state index is 13.4. The van der Waals surface area contributed by atoms with E-state index in [2.05, 4.69) is 15.9 Å². The third-order valence-electron chi connectivity index (χ3n) is 4.92. The standard InChI is InChI=1S/C21H18BrNO4/c1-11-8-12(2)16-15(9-11)27-20-17(19(16)25)18(23(6-7-24)21(20)26)13-4-3-5-14(22)10-13/h3-5,8-10,18,24H,6-7H2,1-2H3/t18-/m1/s1. The van der Waals surface area contributed by atoms with Crippen LogP contribution in [-0.2, 0) is 0 Å². The Bertz CT molecular complexity index is 1130. The molecule has 1 amide bonds. The van der Waals surface area contributed by atoms with Gasteiger partial charge in [-0.15, -0.1) is 0 Å². The van der Waals surface area contributed by atoms with Gasteiger partial charge in [0.1, 0.15) is 5.58 Å². The van der Waals surface area contributed by atoms with Gasteiger partial charge in [0.2, 0.25) is 5.76 Å². The van der Waals surface area contributed by atoms with E-state index in [-0.39, 0.29) is 30.2 Å². The number of aliphatic hydroxyl groups is 1. The van der Waals surface area contributed by atoms with Gasteiger partial charge in [-0.3, -0.25) is 9.59 Å². The number of nitrogens with zero attached hydrogens (tertiary/aromatic N) is 1. The van der Waals surface area contributed by atoms with Crippen molar-refractivity contribution in [3.05, 3.63) is 79.1 Å². The summed E-state index contributed by atoms with van der Waals surface area (Å²) in [5, 5.41) is 9.97. The van der Waals surface area contributed by atoms with Crippen LogP contribution in [0, 0.1) is 13.8 Å². The minimum absolute atomic E-state index is 0.0657. The first-order chi connectivity index (χ1) is 12.9. The molecule has 4 rings (SSSR count). The summed E-state index contributed by atoms with van der Waals surface area (Å²) >= 11 is 3.45. The first kappa shape index (κ1) is 17.9. The van der Waals surface area contributed by atoms with Crippen LogP contribution in [0.5, 0.6) is 0 Å². The zero-order chi connectivity index (χ0) is 19.3. The molecule has 27 heavy (non-hydrogen) atoms. The Labute approximate surface area is 164 Å². The number of benzene rings is 2. The highest BCUT2D eigenvalue weighted by molar-refractivity contribution is 9.10. The van der Waals surface area contributed by atoms with Crippen LogP contribution in [0.25, 0.3) is 11.0 Å². The molecule has 1 atom stereocenters. The third kappa shape index (κ3) is 2.80. The van der Waals surface area contributed by atoms with Crippen molar-refractivity contribution in [2.24, 2.45) is 0 Å². The summed E-state index contributed by atoms with van der Waals surface area (Å²) < 4.78 is 6.78. The van der Waals surface area contributed by atoms with Crippen molar-refractivity contribution in [1.29, 1.82) is 0 Å². The van der Waals surface area contributed by atoms with E-state index in [0.29, 0.717) is 16.5 Å². The lowest BCUT2D eigenvalue weighted by molar-refractivity contribution is 0.0691. The minimum Gasteiger partial charge on any atom is -0.450 e. The summed E-state index contributed by atoms with van der Waals surface area (Å²) in [6.07, 6.45) is 0. The SMILES string of the molecule is Cc1cc(C)c2c(=O)c3c(oc2c1)C(=O)N(CCO)[C@@H]3c1cccc(Br)c1. The van der Waals surface area contributed by atoms with Crippen molar-refractivity contribution in [2.45, 2.75) is 19.9 Å². The molecule has 6 heteroatoms. The maximum absolute atomic E-state index is 13.4. The van der Waals surface area contributed by atoms with E-state index in [1.807, 2.05) is 44.2 Å². The number of hydrogen-bond acceptors (Lipinski definition) is 4. The molecule has 0 saturated carbocycles. The van der Waals surface area contributed by atoms with Crippen molar-refractivity contribution in [1.82, 2.24) is 4.90 Å². The highest BCUT2D eigenvalue weighted by atomic mass is 79.9. The van der Waals surface area contributed by atoms with Gasteiger partial charge in [0.25, 0.3) is 5.91 Å². The summed E-state index contributed by atoms with van der Waals surface area (Å²) in [5.41, 5.74) is 3.14. The predicted octanol–water partition coefficient (Wildman–Crippen LogP) is 3.71. The van der Waals surface area contributed by atoms with E-state index < -0.39 is 6.04 Å². The first-order valence-corrected chi connectivity index (χ1v) is 9.47. The lowest BCUT2D eigenvalue weighted by atomic mass is 9.97. The van der Waals surface area contributed by atoms with Crippen LogP contribution in [0.1, 0.15) is 38.9 Å². The molecular formula is C21H18BrNO4. The number of aliphatic hydroxyl groups excluding tert-OH is 1. The summed E-state index contributed by atoms with van der Waals surface area (Å²) in [6, 6.07) is 10.6. The zero-order valence-electron chi connectivity index (χ0n) is 15.0. The molecule has 1 aliphatic heterocycles. The molecule has 0 radical (unpaired) electrons. The summed E-state index contributed by atoms with van der Waals surface area (Å²) in [5.74, 6) is -0.307. The Kier molecular flexibility index (Phi) is 4.40. The van der Waals surface area contributed by atoms with E-state index in [4.69, 9.17) is 4.42 Å². The van der Waals surface area contributed by atoms with Crippen molar-refractivity contribution in [3.63, 3.8) is 0 Å². The Morgan fingerprint density at radius 1 is 1.19 bits per heavy atom. The highest BCUT2D eigenvalue weighted by Gasteiger charge is 2.42. The molecule has 138 valence electrons. The van der Waals surface area contributed by atoms with Crippen LogP contribution < -0.4 is 5.43 Å². The van der Waals surface area contributed by atoms with Crippen LogP contribution >= 0.6 is 15.9 Å². The fourth-order valence-electron chi connectivity index (χ4n) is 3.88. The topological polar surface area (TPSA) is 70.8 Å². The van der Waals surface area contributed by atoms with Gasteiger partial charge in [-0.05, 0) is 48.7 Å². The highest BCUT2D eigenvalue weighted by Crippen LogP contribution is 2.38. The predicted molar refractivity (Wildman–Crippen MR) is 106 cm³/mol. The second kappa shape index (κ2) is 6.62. The van der Waals surface area contributed by atoms with E-state index in [0.717, 1.165) is 21.2 Å². The zero-order valence-corrected chi connectivity index (χ0v) is 16.5. The number of hydrogen-bond donors (Lipinski definition) is 1. The average Bonchev–Trinajstić information content (AvgIpc) is 2.88. The molecule has 2 heterocycles. The number of amides is 1. The van der Waals surface area contributed by atoms with Gasteiger partial charge in [-0.1, -0.05) is 34.1 Å². The molecule has 0 saturated heterocycles. The lowest BCUT2D eigenvalue weighted by Gasteiger charge is -2.24. The Morgan fingerprint density at radius 3 is 2.67 bits per heavy atom. The van der Waals surface area contributed by atoms with E-state index in [1.165, 1.54) is 4.90 Å². The average molecular weight is 428 g/mol. The minimum atomic E-state index is -0.585. The van der Waals surface area contributed by atoms with Crippen LogP contribution in [0.2, 0.25) is 0 Å². The van der Waals surface area contributed by atoms with Gasteiger partial charge in [-0.2, -0.15) is 0 Å². The molecule has 2 aromatic carbocycles. The molecule has 0 bridgehead atoms. The molecule has 3 aromatic rings. The number of fused-ring (bicyclic) bond motifs is 2. The van der Waals surface area contributed by atoms with Gasteiger partial charge < -0.3 is 14.4 Å². The van der Waals surface area contributed by atoms with Gasteiger partial charge >= 0.3 is 0 Å². The van der Waals surface area contributed by atoms with Crippen LogP contribution in [0.15, 0.2) is 50.1 Å². The van der Waals surface area contributed by atoms with Crippen LogP contribution in [-0.4, -0.2) is 29.1 Å². The fourth-order valence-corrected chi connectivity index (χ4v) is 4.29. The number of halogens is 1. The van der Waals surface area contributed by atoms with Crippen molar-refractivity contribution >= 4 is 32.8 Å². The second-order valence-corrected chi connectivity index (χ2v) is 7.72. The smallest absolute Gasteiger partial charge is 0.290 e. The summed E-state index contributed by atoms with van der Waals surface area (Å²) in [4.78, 5) is 27.9. The summed E-state index contributed by atoms with van der Waals surface area (Å²) in [7, 11) is 0. The second-order valence-electron chi connectivity index (χ2n) is 6.81. The quantitative estimate of drug-likeness (QED) is 0.691. The number of carbonyl (C=O) groups is 1. The largest absolute Gasteiger partial charge is 0.450 e. The third-order valence-corrected chi connectivity index (χ3v) is 5.41. The van der Waals surface area contributed by atoms with E-state index in [1.54, 1.807) is 6.07 Å². The normalized spacial score (nSPS) is 16.2. The lowest BCUT2D eigenvalue weighted by Crippen LogP contribution is -2.32.